The second-order valence-electron chi connectivity index (χ2n) is 9.08. The van der Waals surface area contributed by atoms with Crippen molar-refractivity contribution in [3.8, 4) is 0 Å². The lowest BCUT2D eigenvalue weighted by Crippen LogP contribution is -2.57. The number of carbonyl (C=O) groups excluding carboxylic acids is 1. The van der Waals surface area contributed by atoms with Gasteiger partial charge in [-0.05, 0) is 41.0 Å². The minimum Gasteiger partial charge on any atom is -0.378 e. The van der Waals surface area contributed by atoms with Crippen molar-refractivity contribution < 1.29 is 27.8 Å². The van der Waals surface area contributed by atoms with Gasteiger partial charge < -0.3 is 20.1 Å². The van der Waals surface area contributed by atoms with Gasteiger partial charge in [-0.25, -0.2) is 0 Å². The van der Waals surface area contributed by atoms with E-state index >= 15 is 0 Å². The Morgan fingerprint density at radius 3 is 2.48 bits per heavy atom. The number of fused-ring (bicyclic) bond motifs is 1. The van der Waals surface area contributed by atoms with E-state index in [0.29, 0.717) is 33.1 Å². The van der Waals surface area contributed by atoms with Crippen molar-refractivity contribution >= 4 is 5.91 Å². The number of hydrogen-bond acceptors (Lipinski definition) is 4. The fourth-order valence-corrected chi connectivity index (χ4v) is 3.81. The maximum Gasteiger partial charge on any atom is 0.426 e. The van der Waals surface area contributed by atoms with Crippen LogP contribution in [0.2, 0.25) is 0 Å². The van der Waals surface area contributed by atoms with Crippen LogP contribution >= 0.6 is 0 Å². The number of benzene rings is 1. The maximum absolute atomic E-state index is 13.2. The van der Waals surface area contributed by atoms with Crippen LogP contribution in [0, 0.1) is 0 Å². The zero-order valence-corrected chi connectivity index (χ0v) is 17.3. The van der Waals surface area contributed by atoms with Crippen LogP contribution in [0.15, 0.2) is 12.1 Å². The Labute approximate surface area is 169 Å². The number of nitrogens with zero attached hydrogens (tertiary/aromatic N) is 1. The summed E-state index contributed by atoms with van der Waals surface area (Å²) in [5.74, 6) is -1.31. The second kappa shape index (κ2) is 7.56. The molecule has 1 aromatic rings. The van der Waals surface area contributed by atoms with E-state index in [9.17, 15) is 23.1 Å². The molecule has 0 saturated carbocycles. The molecule has 1 amide bonds. The number of halogens is 3. The molecular weight excluding hydrogens is 385 g/mol. The molecule has 162 valence electrons. The summed E-state index contributed by atoms with van der Waals surface area (Å²) in [6.45, 7) is 8.80. The Morgan fingerprint density at radius 2 is 1.93 bits per heavy atom. The Balaban J connectivity index is 1.99. The van der Waals surface area contributed by atoms with Crippen LogP contribution in [0.3, 0.4) is 0 Å². The third-order valence-electron chi connectivity index (χ3n) is 5.80. The summed E-state index contributed by atoms with van der Waals surface area (Å²) in [7, 11) is 0. The van der Waals surface area contributed by atoms with E-state index in [1.54, 1.807) is 0 Å². The fourth-order valence-electron chi connectivity index (χ4n) is 3.81. The van der Waals surface area contributed by atoms with Gasteiger partial charge >= 0.3 is 6.18 Å². The van der Waals surface area contributed by atoms with E-state index in [1.807, 2.05) is 0 Å². The predicted molar refractivity (Wildman–Crippen MR) is 103 cm³/mol. The molecule has 0 radical (unpaired) electrons. The van der Waals surface area contributed by atoms with Gasteiger partial charge in [0.1, 0.15) is 0 Å². The van der Waals surface area contributed by atoms with Gasteiger partial charge in [0.05, 0.1) is 19.3 Å². The van der Waals surface area contributed by atoms with Crippen molar-refractivity contribution in [1.82, 2.24) is 10.2 Å². The molecule has 0 aliphatic carbocycles. The minimum absolute atomic E-state index is 0.0400. The minimum atomic E-state index is -5.03. The number of morpholine rings is 1. The van der Waals surface area contributed by atoms with Crippen molar-refractivity contribution in [2.24, 2.45) is 0 Å². The van der Waals surface area contributed by atoms with Crippen molar-refractivity contribution in [3.05, 3.63) is 34.4 Å². The molecule has 29 heavy (non-hydrogen) atoms. The van der Waals surface area contributed by atoms with Gasteiger partial charge in [-0.1, -0.05) is 32.9 Å². The van der Waals surface area contributed by atoms with Gasteiger partial charge in [-0.2, -0.15) is 13.2 Å². The molecule has 1 aromatic carbocycles. The number of hydrogen-bond donors (Lipinski definition) is 2. The predicted octanol–water partition coefficient (Wildman–Crippen LogP) is 2.84. The van der Waals surface area contributed by atoms with Gasteiger partial charge in [0.2, 0.25) is 5.60 Å². The Hall–Kier alpha value is -1.64. The number of alkyl halides is 3. The first-order chi connectivity index (χ1) is 13.3. The molecule has 1 fully saturated rings. The molecule has 2 atom stereocenters. The quantitative estimate of drug-likeness (QED) is 0.781. The largest absolute Gasteiger partial charge is 0.426 e. The zero-order valence-electron chi connectivity index (χ0n) is 17.3. The lowest BCUT2D eigenvalue weighted by molar-refractivity contribution is -0.250. The van der Waals surface area contributed by atoms with Crippen LogP contribution in [0.5, 0.6) is 0 Å². The molecule has 0 unspecified atom stereocenters. The van der Waals surface area contributed by atoms with Gasteiger partial charge in [-0.3, -0.25) is 4.79 Å². The lowest BCUT2D eigenvalue weighted by atomic mass is 9.80. The molecule has 2 aliphatic heterocycles. The Kier molecular flexibility index (Phi) is 5.75. The summed E-state index contributed by atoms with van der Waals surface area (Å²) in [6.07, 6.45) is -4.58. The van der Waals surface area contributed by atoms with Crippen molar-refractivity contribution in [3.63, 3.8) is 0 Å². The van der Waals surface area contributed by atoms with Crippen LogP contribution in [-0.4, -0.2) is 54.0 Å². The molecule has 2 N–H and O–H groups in total. The number of amides is 1. The van der Waals surface area contributed by atoms with Crippen LogP contribution in [0.4, 0.5) is 13.2 Å². The lowest BCUT2D eigenvalue weighted by Gasteiger charge is -2.38. The SMILES string of the molecule is CC(C)(C)c1cc2c(c([C@@H]3COCCN3)c1)CN(C(=O)[C@@](C)(O)C(F)(F)F)CC2. The topological polar surface area (TPSA) is 61.8 Å². The summed E-state index contributed by atoms with van der Waals surface area (Å²) in [6, 6.07) is 4.07. The maximum atomic E-state index is 13.2. The molecule has 1 saturated heterocycles. The summed E-state index contributed by atoms with van der Waals surface area (Å²) in [5.41, 5.74) is 0.486. The van der Waals surface area contributed by atoms with Gasteiger partial charge in [-0.15, -0.1) is 0 Å². The van der Waals surface area contributed by atoms with Crippen LogP contribution in [0.1, 0.15) is 56.0 Å². The fraction of sp³-hybridized carbons (Fsp3) is 0.667. The van der Waals surface area contributed by atoms with E-state index < -0.39 is 17.7 Å². The highest BCUT2D eigenvalue weighted by Gasteiger charge is 2.57. The highest BCUT2D eigenvalue weighted by Crippen LogP contribution is 2.36. The number of rotatable bonds is 2. The molecule has 2 heterocycles. The van der Waals surface area contributed by atoms with Crippen molar-refractivity contribution in [1.29, 1.82) is 0 Å². The standard InChI is InChI=1S/C21H29F3N2O3/c1-19(2,3)14-9-13-5-7-26(18(27)20(4,28)21(22,23)24)11-16(13)15(10-14)17-12-29-8-6-25-17/h9-10,17,25,28H,5-8,11-12H2,1-4H3/t17-,20+/m0/s1. The highest BCUT2D eigenvalue weighted by molar-refractivity contribution is 5.85. The van der Waals surface area contributed by atoms with Crippen molar-refractivity contribution in [2.75, 3.05) is 26.3 Å². The van der Waals surface area contributed by atoms with Gasteiger partial charge in [0, 0.05) is 19.6 Å². The number of ether oxygens (including phenoxy) is 1. The molecular formula is C21H29F3N2O3. The first-order valence-electron chi connectivity index (χ1n) is 9.88. The zero-order chi connectivity index (χ0) is 21.6. The van der Waals surface area contributed by atoms with E-state index in [2.05, 4.69) is 38.2 Å². The molecule has 3 rings (SSSR count). The molecule has 0 aromatic heterocycles. The molecule has 0 bridgehead atoms. The Bertz CT molecular complexity index is 779. The summed E-state index contributed by atoms with van der Waals surface area (Å²) in [4.78, 5) is 13.6. The molecule has 2 aliphatic rings. The normalized spacial score (nSPS) is 22.8. The van der Waals surface area contributed by atoms with Crippen LogP contribution < -0.4 is 5.32 Å². The summed E-state index contributed by atoms with van der Waals surface area (Å²) < 4.78 is 45.1. The molecule has 0 spiro atoms. The van der Waals surface area contributed by atoms with E-state index in [4.69, 9.17) is 4.74 Å². The van der Waals surface area contributed by atoms with Crippen LogP contribution in [-0.2, 0) is 27.9 Å². The van der Waals surface area contributed by atoms with Crippen molar-refractivity contribution in [2.45, 2.75) is 63.9 Å². The van der Waals surface area contributed by atoms with Gasteiger partial charge in [0.15, 0.2) is 0 Å². The summed E-state index contributed by atoms with van der Waals surface area (Å²) in [5, 5.41) is 13.2. The smallest absolute Gasteiger partial charge is 0.378 e. The van der Waals surface area contributed by atoms with E-state index in [1.165, 1.54) is 0 Å². The molecule has 5 nitrogen and oxygen atoms in total. The number of carbonyl (C=O) groups is 1. The summed E-state index contributed by atoms with van der Waals surface area (Å²) >= 11 is 0. The third-order valence-corrected chi connectivity index (χ3v) is 5.80. The number of nitrogens with one attached hydrogen (secondary N) is 1. The highest BCUT2D eigenvalue weighted by atomic mass is 19.4. The monoisotopic (exact) mass is 414 g/mol. The average Bonchev–Trinajstić information content (AvgIpc) is 2.65. The Morgan fingerprint density at radius 1 is 1.24 bits per heavy atom. The van der Waals surface area contributed by atoms with E-state index in [-0.39, 0.29) is 24.5 Å². The number of aliphatic hydroxyl groups is 1. The second-order valence-corrected chi connectivity index (χ2v) is 9.08. The van der Waals surface area contributed by atoms with Gasteiger partial charge in [0.25, 0.3) is 5.91 Å². The molecule has 8 heteroatoms. The first kappa shape index (κ1) is 22.1. The van der Waals surface area contributed by atoms with E-state index in [0.717, 1.165) is 27.2 Å². The third kappa shape index (κ3) is 4.29. The van der Waals surface area contributed by atoms with Crippen LogP contribution in [0.25, 0.3) is 0 Å². The average molecular weight is 414 g/mol. The first-order valence-corrected chi connectivity index (χ1v) is 9.88.